The fourth-order valence-electron chi connectivity index (χ4n) is 5.78. The van der Waals surface area contributed by atoms with Gasteiger partial charge >= 0.3 is 18.1 Å². The molecule has 0 saturated carbocycles. The van der Waals surface area contributed by atoms with Gasteiger partial charge in [-0.15, -0.1) is 0 Å². The molecule has 1 aromatic carbocycles. The second kappa shape index (κ2) is 15.8. The number of hydrogen-bond acceptors (Lipinski definition) is 9. The van der Waals surface area contributed by atoms with Crippen molar-refractivity contribution in [3.8, 4) is 28.2 Å². The summed E-state index contributed by atoms with van der Waals surface area (Å²) in [4.78, 5) is 57.6. The van der Waals surface area contributed by atoms with Crippen LogP contribution in [0.25, 0.3) is 28.2 Å². The van der Waals surface area contributed by atoms with E-state index in [1.165, 1.54) is 12.4 Å². The van der Waals surface area contributed by atoms with Gasteiger partial charge in [0, 0.05) is 47.6 Å². The fraction of sp³-hybridized carbons (Fsp3) is 0.314. The number of carbonyl (C=O) groups is 3. The lowest BCUT2D eigenvalue weighted by atomic mass is 9.97. The van der Waals surface area contributed by atoms with Crippen molar-refractivity contribution in [1.82, 2.24) is 34.1 Å². The third-order valence-electron chi connectivity index (χ3n) is 8.44. The molecule has 53 heavy (non-hydrogen) atoms. The summed E-state index contributed by atoms with van der Waals surface area (Å²) in [6.45, 7) is 5.61. The molecule has 278 valence electrons. The molecule has 2 N–H and O–H groups in total. The summed E-state index contributed by atoms with van der Waals surface area (Å²) in [5.41, 5.74) is 5.00. The molecule has 0 unspecified atom stereocenters. The van der Waals surface area contributed by atoms with Crippen molar-refractivity contribution in [2.24, 2.45) is 13.0 Å². The average Bonchev–Trinajstić information content (AvgIpc) is 3.67. The van der Waals surface area contributed by atoms with Crippen molar-refractivity contribution in [1.29, 1.82) is 0 Å². The number of fused-ring (bicyclic) bond motifs is 4. The Morgan fingerprint density at radius 1 is 1.11 bits per heavy atom. The summed E-state index contributed by atoms with van der Waals surface area (Å²) in [5, 5.41) is 19.5. The zero-order chi connectivity index (χ0) is 38.6. The molecule has 14 nitrogen and oxygen atoms in total. The first-order chi connectivity index (χ1) is 25.1. The number of aromatic nitrogens is 7. The summed E-state index contributed by atoms with van der Waals surface area (Å²) in [6, 6.07) is 10.0. The van der Waals surface area contributed by atoms with Crippen LogP contribution in [0.15, 0.2) is 66.1 Å². The van der Waals surface area contributed by atoms with Gasteiger partial charge in [0.15, 0.2) is 0 Å². The molecule has 1 aliphatic heterocycles. The number of rotatable bonds is 5. The molecule has 5 heterocycles. The molecule has 18 heteroatoms. The molecule has 0 saturated heterocycles. The predicted molar refractivity (Wildman–Crippen MR) is 187 cm³/mol. The van der Waals surface area contributed by atoms with Crippen LogP contribution in [0.3, 0.4) is 0 Å². The van der Waals surface area contributed by atoms with E-state index in [4.69, 9.17) is 31.2 Å². The van der Waals surface area contributed by atoms with Gasteiger partial charge in [-0.3, -0.25) is 23.8 Å². The number of aryl methyl sites for hydroxylation is 2. The molecule has 0 fully saturated rings. The molecule has 0 radical (unpaired) electrons. The van der Waals surface area contributed by atoms with Gasteiger partial charge in [-0.25, -0.2) is 19.3 Å². The van der Waals surface area contributed by atoms with Crippen molar-refractivity contribution in [3.63, 3.8) is 0 Å². The molecule has 1 amide bonds. The third kappa shape index (κ3) is 8.63. The smallest absolute Gasteiger partial charge is 0.475 e. The summed E-state index contributed by atoms with van der Waals surface area (Å²) in [5.74, 6) is -3.55. The van der Waals surface area contributed by atoms with Crippen molar-refractivity contribution < 1.29 is 37.4 Å². The summed E-state index contributed by atoms with van der Waals surface area (Å²) >= 11 is 6.40. The molecular formula is C35H34ClF3N8O6. The Bertz CT molecular complexity index is 2230. The molecule has 1 aliphatic rings. The van der Waals surface area contributed by atoms with Crippen LogP contribution in [0.2, 0.25) is 5.02 Å². The highest BCUT2D eigenvalue weighted by Crippen LogP contribution is 2.33. The summed E-state index contributed by atoms with van der Waals surface area (Å²) in [7, 11) is 1.82. The van der Waals surface area contributed by atoms with Crippen molar-refractivity contribution >= 4 is 35.1 Å². The van der Waals surface area contributed by atoms with Crippen LogP contribution in [-0.2, 0) is 21.4 Å². The predicted octanol–water partition coefficient (Wildman–Crippen LogP) is 6.01. The number of pyridine rings is 1. The second-order valence-electron chi connectivity index (χ2n) is 12.1. The van der Waals surface area contributed by atoms with Gasteiger partial charge in [0.2, 0.25) is 5.91 Å². The maximum absolute atomic E-state index is 13.9. The second-order valence-corrected chi connectivity index (χ2v) is 12.6. The first-order valence-electron chi connectivity index (χ1n) is 16.3. The number of halogens is 4. The Kier molecular flexibility index (Phi) is 11.5. The molecule has 6 rings (SSSR count). The number of nitrogens with zero attached hydrogens (tertiary/aromatic N) is 7. The highest BCUT2D eigenvalue weighted by atomic mass is 35.5. The Balaban J connectivity index is 0.000000705. The van der Waals surface area contributed by atoms with Crippen LogP contribution in [0.5, 0.6) is 0 Å². The van der Waals surface area contributed by atoms with Gasteiger partial charge in [-0.2, -0.15) is 23.4 Å². The van der Waals surface area contributed by atoms with E-state index in [-0.39, 0.29) is 24.0 Å². The number of carboxylic acid groups (broad SMARTS) is 1. The number of anilines is 1. The highest BCUT2D eigenvalue weighted by molar-refractivity contribution is 6.31. The largest absolute Gasteiger partial charge is 0.490 e. The maximum Gasteiger partial charge on any atom is 0.490 e. The third-order valence-corrected chi connectivity index (χ3v) is 8.68. The number of hydrogen-bond donors (Lipinski definition) is 2. The highest BCUT2D eigenvalue weighted by Gasteiger charge is 2.38. The molecule has 4 aromatic heterocycles. The van der Waals surface area contributed by atoms with Crippen LogP contribution in [0.1, 0.15) is 60.9 Å². The van der Waals surface area contributed by atoms with Gasteiger partial charge in [0.05, 0.1) is 59.3 Å². The van der Waals surface area contributed by atoms with E-state index in [1.54, 1.807) is 64.6 Å². The Labute approximate surface area is 305 Å². The summed E-state index contributed by atoms with van der Waals surface area (Å²) < 4.78 is 41.8. The number of carboxylic acids is 1. The number of benzene rings is 1. The Morgan fingerprint density at radius 3 is 2.53 bits per heavy atom. The normalized spacial score (nSPS) is 15.9. The van der Waals surface area contributed by atoms with Crippen LogP contribution < -0.4 is 10.9 Å². The van der Waals surface area contributed by atoms with Crippen LogP contribution >= 0.6 is 11.6 Å². The van der Waals surface area contributed by atoms with E-state index in [1.807, 2.05) is 26.1 Å². The molecular weight excluding hydrogens is 721 g/mol. The van der Waals surface area contributed by atoms with Gasteiger partial charge in [-0.1, -0.05) is 24.9 Å². The SMILES string of the molecule is CCOC(=O)c1cn(-c2ccc(Cl)cc2-c2cc(=O)n([C@H]3CCC[C@@H](C)C(=O)Nc4cnn(C)c4-c4ccnc3c4)cn2)nc1C.O=C(O)C(F)(F)F. The molecule has 2 bridgehead atoms. The van der Waals surface area contributed by atoms with Crippen molar-refractivity contribution in [3.05, 3.63) is 93.6 Å². The lowest BCUT2D eigenvalue weighted by molar-refractivity contribution is -0.192. The molecule has 0 aliphatic carbocycles. The van der Waals surface area contributed by atoms with E-state index in [2.05, 4.69) is 20.5 Å². The monoisotopic (exact) mass is 754 g/mol. The number of amides is 1. The minimum atomic E-state index is -5.08. The lowest BCUT2D eigenvalue weighted by Crippen LogP contribution is -2.27. The van der Waals surface area contributed by atoms with Crippen molar-refractivity contribution in [2.75, 3.05) is 11.9 Å². The number of ether oxygens (including phenoxy) is 1. The maximum atomic E-state index is 13.9. The quantitative estimate of drug-likeness (QED) is 0.202. The van der Waals surface area contributed by atoms with Gasteiger partial charge in [0.1, 0.15) is 5.56 Å². The van der Waals surface area contributed by atoms with E-state index in [0.717, 1.165) is 11.3 Å². The number of alkyl halides is 3. The number of carbonyl (C=O) groups excluding carboxylic acids is 2. The number of aliphatic carboxylic acids is 1. The summed E-state index contributed by atoms with van der Waals surface area (Å²) in [6.07, 6.45) is 3.25. The lowest BCUT2D eigenvalue weighted by Gasteiger charge is -2.22. The fourth-order valence-corrected chi connectivity index (χ4v) is 5.95. The zero-order valence-electron chi connectivity index (χ0n) is 28.9. The first kappa shape index (κ1) is 38.4. The molecule has 0 spiro atoms. The van der Waals surface area contributed by atoms with E-state index >= 15 is 0 Å². The Morgan fingerprint density at radius 2 is 1.85 bits per heavy atom. The molecule has 2 atom stereocenters. The van der Waals surface area contributed by atoms with Crippen LogP contribution in [0, 0.1) is 12.8 Å². The van der Waals surface area contributed by atoms with E-state index in [9.17, 15) is 27.6 Å². The Hall–Kier alpha value is -5.84. The van der Waals surface area contributed by atoms with Gasteiger partial charge in [-0.05, 0) is 57.0 Å². The first-order valence-corrected chi connectivity index (χ1v) is 16.7. The standard InChI is InChI=1S/C33H33ClN8O4.C2HF3O2/c1-5-46-33(45)24-17-42(39-20(24)3)28-10-9-22(34)14-23(28)25-15-30(43)41(18-36-25)29-8-6-7-19(2)32(44)38-27-16-37-40(4)31(27)21-11-12-35-26(29)13-21;3-2(4,5)1(6)7/h9-19,29H,5-8H2,1-4H3,(H,38,44);(H,6,7)/t19-,29+;/m1./s1. The number of esters is 1. The van der Waals surface area contributed by atoms with Crippen LogP contribution in [0.4, 0.5) is 18.9 Å². The average molecular weight is 755 g/mol. The minimum absolute atomic E-state index is 0.0806. The minimum Gasteiger partial charge on any atom is -0.475 e. The van der Waals surface area contributed by atoms with Crippen LogP contribution in [-0.4, -0.2) is 69.8 Å². The van der Waals surface area contributed by atoms with Crippen molar-refractivity contribution in [2.45, 2.75) is 52.3 Å². The van der Waals surface area contributed by atoms with Gasteiger partial charge < -0.3 is 15.2 Å². The van der Waals surface area contributed by atoms with E-state index < -0.39 is 24.2 Å². The van der Waals surface area contributed by atoms with E-state index in [0.29, 0.717) is 63.9 Å². The van der Waals surface area contributed by atoms with Gasteiger partial charge in [0.25, 0.3) is 5.56 Å². The molecule has 5 aromatic rings. The zero-order valence-corrected chi connectivity index (χ0v) is 29.6. The number of nitrogens with one attached hydrogen (secondary N) is 1. The topological polar surface area (TPSA) is 176 Å².